The van der Waals surface area contributed by atoms with Gasteiger partial charge in [0.1, 0.15) is 0 Å². The number of hydrogen-bond donors (Lipinski definition) is 1. The number of para-hydroxylation sites is 1. The number of halogens is 3. The summed E-state index contributed by atoms with van der Waals surface area (Å²) in [4.78, 5) is 8.13. The molecule has 3 aromatic rings. The van der Waals surface area contributed by atoms with Crippen LogP contribution in [-0.2, 0) is 0 Å². The molecule has 25 heavy (non-hydrogen) atoms. The maximum Gasteiger partial charge on any atom is 0.434 e. The van der Waals surface area contributed by atoms with E-state index in [1.165, 1.54) is 6.20 Å². The van der Waals surface area contributed by atoms with Crippen LogP contribution < -0.4 is 5.32 Å². The summed E-state index contributed by atoms with van der Waals surface area (Å²) in [5.41, 5.74) is 2.73. The van der Waals surface area contributed by atoms with Crippen LogP contribution in [0, 0.1) is 13.8 Å². The van der Waals surface area contributed by atoms with Gasteiger partial charge in [0.15, 0.2) is 5.71 Å². The molecule has 0 saturated heterocycles. The van der Waals surface area contributed by atoms with Gasteiger partial charge < -0.3 is 5.32 Å². The Morgan fingerprint density at radius 3 is 2.48 bits per heavy atom. The van der Waals surface area contributed by atoms with Gasteiger partial charge in [-0.1, -0.05) is 18.2 Å². The zero-order chi connectivity index (χ0) is 17.8. The number of nitrogens with one attached hydrogen (secondary N) is 1. The van der Waals surface area contributed by atoms with E-state index in [4.69, 9.17) is 0 Å². The molecule has 2 aromatic carbocycles. The smallest absolute Gasteiger partial charge is 0.353 e. The average molecular weight is 341 g/mol. The van der Waals surface area contributed by atoms with Gasteiger partial charge in [0, 0.05) is 17.1 Å². The van der Waals surface area contributed by atoms with E-state index in [0.717, 1.165) is 11.1 Å². The molecule has 1 aliphatic rings. The maximum atomic E-state index is 13.7. The summed E-state index contributed by atoms with van der Waals surface area (Å²) in [6.07, 6.45) is -3.34. The van der Waals surface area contributed by atoms with E-state index in [-0.39, 0.29) is 11.3 Å². The van der Waals surface area contributed by atoms with Gasteiger partial charge in [-0.15, -0.1) is 0 Å². The Balaban J connectivity index is 2.09. The topological polar surface area (TPSA) is 37.3 Å². The Hall–Kier alpha value is -2.89. The summed E-state index contributed by atoms with van der Waals surface area (Å²) in [6.45, 7) is 3.77. The highest BCUT2D eigenvalue weighted by atomic mass is 19.4. The van der Waals surface area contributed by atoms with Crippen LogP contribution in [0.1, 0.15) is 16.7 Å². The van der Waals surface area contributed by atoms with E-state index in [2.05, 4.69) is 15.3 Å². The first kappa shape index (κ1) is 15.6. The van der Waals surface area contributed by atoms with Crippen LogP contribution in [0.25, 0.3) is 10.9 Å². The molecule has 2 heterocycles. The molecule has 1 N–H and O–H groups in total. The van der Waals surface area contributed by atoms with Gasteiger partial charge in [-0.2, -0.15) is 13.2 Å². The standard InChI is InChI=1S/C19H14F3N3/c1-10-7-15-16(8-11(10)2)25-18(19(20,21)22)13-9-23-14-6-4-3-5-12(14)17(13)24-15/h3-9,24H,1-2H3. The van der Waals surface area contributed by atoms with Crippen molar-refractivity contribution < 1.29 is 13.2 Å². The minimum Gasteiger partial charge on any atom is -0.353 e. The van der Waals surface area contributed by atoms with Crippen molar-refractivity contribution in [1.29, 1.82) is 0 Å². The van der Waals surface area contributed by atoms with Gasteiger partial charge >= 0.3 is 6.18 Å². The Labute approximate surface area is 142 Å². The zero-order valence-electron chi connectivity index (χ0n) is 13.6. The van der Waals surface area contributed by atoms with Gasteiger partial charge in [-0.05, 0) is 43.2 Å². The van der Waals surface area contributed by atoms with Crippen molar-refractivity contribution in [3.05, 3.63) is 59.3 Å². The zero-order valence-corrected chi connectivity index (χ0v) is 13.6. The monoisotopic (exact) mass is 341 g/mol. The van der Waals surface area contributed by atoms with E-state index >= 15 is 0 Å². The molecule has 0 aliphatic carbocycles. The van der Waals surface area contributed by atoms with E-state index in [9.17, 15) is 13.2 Å². The predicted molar refractivity (Wildman–Crippen MR) is 93.2 cm³/mol. The molecule has 0 bridgehead atoms. The van der Waals surface area contributed by atoms with Crippen molar-refractivity contribution in [3.63, 3.8) is 0 Å². The Kier molecular flexibility index (Phi) is 3.32. The molecule has 4 rings (SSSR count). The third kappa shape index (κ3) is 2.54. The highest BCUT2D eigenvalue weighted by Crippen LogP contribution is 2.41. The lowest BCUT2D eigenvalue weighted by molar-refractivity contribution is -0.0579. The lowest BCUT2D eigenvalue weighted by Crippen LogP contribution is -2.24. The summed E-state index contributed by atoms with van der Waals surface area (Å²) < 4.78 is 41.1. The summed E-state index contributed by atoms with van der Waals surface area (Å²) in [6, 6.07) is 10.6. The van der Waals surface area contributed by atoms with Crippen molar-refractivity contribution in [2.75, 3.05) is 5.32 Å². The van der Waals surface area contributed by atoms with Crippen LogP contribution in [0.4, 0.5) is 30.2 Å². The van der Waals surface area contributed by atoms with Crippen molar-refractivity contribution >= 4 is 33.7 Å². The number of fused-ring (bicyclic) bond motifs is 4. The number of aliphatic imine (C=N–C) groups is 1. The van der Waals surface area contributed by atoms with Crippen LogP contribution in [0.3, 0.4) is 0 Å². The van der Waals surface area contributed by atoms with E-state index in [1.807, 2.05) is 19.9 Å². The quantitative estimate of drug-likeness (QED) is 0.578. The van der Waals surface area contributed by atoms with Crippen LogP contribution in [0.2, 0.25) is 0 Å². The molecule has 3 nitrogen and oxygen atoms in total. The lowest BCUT2D eigenvalue weighted by Gasteiger charge is -2.15. The summed E-state index contributed by atoms with van der Waals surface area (Å²) in [5.74, 6) is 0. The third-order valence-corrected chi connectivity index (χ3v) is 4.40. The fourth-order valence-corrected chi connectivity index (χ4v) is 2.98. The van der Waals surface area contributed by atoms with Crippen LogP contribution in [0.5, 0.6) is 0 Å². The number of hydrogen-bond acceptors (Lipinski definition) is 3. The number of aryl methyl sites for hydroxylation is 2. The van der Waals surface area contributed by atoms with Gasteiger partial charge in [0.2, 0.25) is 0 Å². The molecular formula is C19H14F3N3. The largest absolute Gasteiger partial charge is 0.434 e. The molecule has 6 heteroatoms. The van der Waals surface area contributed by atoms with Gasteiger partial charge in [-0.25, -0.2) is 4.99 Å². The molecule has 0 fully saturated rings. The molecule has 0 saturated carbocycles. The Morgan fingerprint density at radius 1 is 1.00 bits per heavy atom. The Bertz CT molecular complexity index is 1040. The van der Waals surface area contributed by atoms with Crippen LogP contribution >= 0.6 is 0 Å². The molecule has 0 radical (unpaired) electrons. The second-order valence-electron chi connectivity index (χ2n) is 6.10. The molecule has 126 valence electrons. The van der Waals surface area contributed by atoms with Crippen LogP contribution in [0.15, 0.2) is 47.6 Å². The van der Waals surface area contributed by atoms with Crippen molar-refractivity contribution in [3.8, 4) is 0 Å². The van der Waals surface area contributed by atoms with E-state index < -0.39 is 11.9 Å². The molecule has 0 spiro atoms. The van der Waals surface area contributed by atoms with Crippen molar-refractivity contribution in [2.24, 2.45) is 4.99 Å². The number of pyridine rings is 1. The first-order valence-electron chi connectivity index (χ1n) is 7.77. The number of benzene rings is 2. The number of nitrogens with zero attached hydrogens (tertiary/aromatic N) is 2. The first-order chi connectivity index (χ1) is 11.8. The third-order valence-electron chi connectivity index (χ3n) is 4.40. The molecule has 0 atom stereocenters. The first-order valence-corrected chi connectivity index (χ1v) is 7.77. The second-order valence-corrected chi connectivity index (χ2v) is 6.10. The van der Waals surface area contributed by atoms with E-state index in [1.54, 1.807) is 30.3 Å². The minimum atomic E-state index is -4.58. The number of rotatable bonds is 0. The van der Waals surface area contributed by atoms with E-state index in [0.29, 0.717) is 22.3 Å². The summed E-state index contributed by atoms with van der Waals surface area (Å²) in [5, 5.41) is 3.79. The summed E-state index contributed by atoms with van der Waals surface area (Å²) in [7, 11) is 0. The molecule has 0 unspecified atom stereocenters. The molecule has 1 aliphatic heterocycles. The summed E-state index contributed by atoms with van der Waals surface area (Å²) >= 11 is 0. The highest BCUT2D eigenvalue weighted by Gasteiger charge is 2.40. The number of alkyl halides is 3. The fraction of sp³-hybridized carbons (Fsp3) is 0.158. The lowest BCUT2D eigenvalue weighted by atomic mass is 10.0. The molecular weight excluding hydrogens is 327 g/mol. The Morgan fingerprint density at radius 2 is 1.72 bits per heavy atom. The normalized spacial score (nSPS) is 13.6. The number of aromatic nitrogens is 1. The number of anilines is 2. The van der Waals surface area contributed by atoms with Crippen molar-refractivity contribution in [1.82, 2.24) is 4.98 Å². The SMILES string of the molecule is Cc1cc2c(cc1C)Nc1c(cnc3ccccc13)C(C(F)(F)F)=N2. The second kappa shape index (κ2) is 5.31. The van der Waals surface area contributed by atoms with Crippen LogP contribution in [-0.4, -0.2) is 16.9 Å². The fourth-order valence-electron chi connectivity index (χ4n) is 2.98. The predicted octanol–water partition coefficient (Wildman–Crippen LogP) is 5.59. The molecule has 1 aromatic heterocycles. The van der Waals surface area contributed by atoms with Crippen molar-refractivity contribution in [2.45, 2.75) is 20.0 Å². The van der Waals surface area contributed by atoms with Gasteiger partial charge in [0.25, 0.3) is 0 Å². The minimum absolute atomic E-state index is 0.0438. The molecule has 0 amide bonds. The highest BCUT2D eigenvalue weighted by molar-refractivity contribution is 6.16. The maximum absolute atomic E-state index is 13.7. The average Bonchev–Trinajstić information content (AvgIpc) is 2.72. The van der Waals surface area contributed by atoms with Gasteiger partial charge in [-0.3, -0.25) is 4.98 Å². The van der Waals surface area contributed by atoms with Gasteiger partial charge in [0.05, 0.1) is 22.6 Å².